The molecule has 0 saturated carbocycles. The monoisotopic (exact) mass is 611 g/mol. The molecule has 0 rings (SSSR count). The first-order valence-corrected chi connectivity index (χ1v) is 24.7. The Kier molecular flexibility index (Phi) is 36.9. The van der Waals surface area contributed by atoms with Gasteiger partial charge in [-0.25, -0.2) is 0 Å². The number of rotatable bonds is 36. The summed E-state index contributed by atoms with van der Waals surface area (Å²) >= 11 is 0. The van der Waals surface area contributed by atoms with Crippen LogP contribution in [0.4, 0.5) is 0 Å². The molecular formula is C38H82OSi2. The van der Waals surface area contributed by atoms with Crippen LogP contribution in [0.15, 0.2) is 0 Å². The van der Waals surface area contributed by atoms with Gasteiger partial charge in [-0.1, -0.05) is 219 Å². The Bertz CT molecular complexity index is 418. The van der Waals surface area contributed by atoms with Crippen LogP contribution in [0.2, 0.25) is 25.2 Å². The Hall–Kier alpha value is 0.394. The minimum atomic E-state index is -0.887. The lowest BCUT2D eigenvalue weighted by Crippen LogP contribution is -2.23. The van der Waals surface area contributed by atoms with E-state index in [9.17, 15) is 0 Å². The summed E-state index contributed by atoms with van der Waals surface area (Å²) in [7, 11) is -1.77. The van der Waals surface area contributed by atoms with Gasteiger partial charge in [-0.05, 0) is 25.2 Å². The van der Waals surface area contributed by atoms with Gasteiger partial charge < -0.3 is 4.12 Å². The van der Waals surface area contributed by atoms with E-state index in [1.54, 1.807) is 0 Å². The van der Waals surface area contributed by atoms with Gasteiger partial charge in [-0.3, -0.25) is 0 Å². The Morgan fingerprint density at radius 1 is 0.268 bits per heavy atom. The molecule has 1 nitrogen and oxygen atoms in total. The minimum absolute atomic E-state index is 0.887. The molecular weight excluding hydrogens is 529 g/mol. The Morgan fingerprint density at radius 2 is 0.439 bits per heavy atom. The lowest BCUT2D eigenvalue weighted by molar-refractivity contribution is 0.527. The molecule has 0 fully saturated rings. The maximum atomic E-state index is 6.58. The van der Waals surface area contributed by atoms with Crippen molar-refractivity contribution in [1.29, 1.82) is 0 Å². The minimum Gasteiger partial charge on any atom is -0.460 e. The molecule has 3 heteroatoms. The van der Waals surface area contributed by atoms with E-state index < -0.39 is 18.1 Å². The molecule has 0 aromatic carbocycles. The van der Waals surface area contributed by atoms with E-state index in [-0.39, 0.29) is 0 Å². The summed E-state index contributed by atoms with van der Waals surface area (Å²) in [6, 6.07) is 2.85. The first kappa shape index (κ1) is 41.4. The highest BCUT2D eigenvalue weighted by Crippen LogP contribution is 2.17. The zero-order chi connectivity index (χ0) is 29.9. The van der Waals surface area contributed by atoms with Crippen LogP contribution in [0.3, 0.4) is 0 Å². The highest BCUT2D eigenvalue weighted by Gasteiger charge is 2.11. The molecule has 0 aromatic heterocycles. The maximum Gasteiger partial charge on any atom is 0.159 e. The second-order valence-electron chi connectivity index (χ2n) is 13.9. The predicted octanol–water partition coefficient (Wildman–Crippen LogP) is 14.2. The van der Waals surface area contributed by atoms with Gasteiger partial charge >= 0.3 is 0 Å². The highest BCUT2D eigenvalue weighted by atomic mass is 28.4. The Labute approximate surface area is 266 Å². The molecule has 41 heavy (non-hydrogen) atoms. The summed E-state index contributed by atoms with van der Waals surface area (Å²) in [5.41, 5.74) is 0. The maximum absolute atomic E-state index is 6.58. The summed E-state index contributed by atoms with van der Waals surface area (Å²) in [5.74, 6) is 0. The van der Waals surface area contributed by atoms with Crippen molar-refractivity contribution < 1.29 is 4.12 Å². The summed E-state index contributed by atoms with van der Waals surface area (Å²) in [5, 5.41) is 0. The van der Waals surface area contributed by atoms with Gasteiger partial charge in [0.05, 0.1) is 0 Å². The fourth-order valence-corrected chi connectivity index (χ4v) is 12.5. The van der Waals surface area contributed by atoms with Crippen LogP contribution in [-0.4, -0.2) is 18.1 Å². The summed E-state index contributed by atoms with van der Waals surface area (Å²) in [4.78, 5) is 0. The van der Waals surface area contributed by atoms with Crippen molar-refractivity contribution in [3.8, 4) is 0 Å². The van der Waals surface area contributed by atoms with Crippen LogP contribution in [0.5, 0.6) is 0 Å². The van der Waals surface area contributed by atoms with Gasteiger partial charge in [0.1, 0.15) is 0 Å². The normalized spacial score (nSPS) is 13.2. The molecule has 2 atom stereocenters. The molecule has 0 aromatic rings. The third-order valence-corrected chi connectivity index (χ3v) is 15.6. The van der Waals surface area contributed by atoms with E-state index in [1.807, 2.05) is 0 Å². The topological polar surface area (TPSA) is 9.23 Å². The van der Waals surface area contributed by atoms with Crippen molar-refractivity contribution in [1.82, 2.24) is 0 Å². The second-order valence-corrected chi connectivity index (χ2v) is 19.4. The van der Waals surface area contributed by atoms with E-state index in [2.05, 4.69) is 26.9 Å². The molecule has 0 aliphatic carbocycles. The van der Waals surface area contributed by atoms with Crippen molar-refractivity contribution in [2.24, 2.45) is 0 Å². The van der Waals surface area contributed by atoms with Crippen LogP contribution in [0.25, 0.3) is 0 Å². The van der Waals surface area contributed by atoms with Crippen molar-refractivity contribution >= 4 is 18.1 Å². The van der Waals surface area contributed by atoms with Crippen molar-refractivity contribution in [3.63, 3.8) is 0 Å². The van der Waals surface area contributed by atoms with Crippen LogP contribution in [-0.2, 0) is 4.12 Å². The second kappa shape index (κ2) is 36.6. The van der Waals surface area contributed by atoms with Crippen molar-refractivity contribution in [2.75, 3.05) is 0 Å². The average Bonchev–Trinajstić information content (AvgIpc) is 2.96. The van der Waals surface area contributed by atoms with Crippen LogP contribution < -0.4 is 0 Å². The Balaban J connectivity index is 3.26. The van der Waals surface area contributed by atoms with Crippen LogP contribution >= 0.6 is 0 Å². The van der Waals surface area contributed by atoms with Gasteiger partial charge in [-0.2, -0.15) is 0 Å². The number of hydrogen-bond donors (Lipinski definition) is 0. The molecule has 0 saturated heterocycles. The molecule has 0 amide bonds. The predicted molar refractivity (Wildman–Crippen MR) is 196 cm³/mol. The SMILES string of the molecule is CCCCCCCCCCCCCCCCCC[SiH](C)O[SiH](C)CCCCCCCCCCCCCCCCCC. The molecule has 248 valence electrons. The Morgan fingerprint density at radius 3 is 0.634 bits per heavy atom. The fraction of sp³-hybridized carbons (Fsp3) is 1.00. The zero-order valence-corrected chi connectivity index (χ0v) is 31.9. The standard InChI is InChI=1S/C38H82OSi2/c1-5-7-9-11-13-15-17-19-21-23-25-27-29-31-33-35-37-40(3)39-41(4)38-36-34-32-30-28-26-24-22-20-18-16-14-12-10-8-6-2/h40-41H,5-38H2,1-4H3. The largest absolute Gasteiger partial charge is 0.460 e. The quantitative estimate of drug-likeness (QED) is 0.0506. The summed E-state index contributed by atoms with van der Waals surface area (Å²) in [6.45, 7) is 9.57. The number of unbranched alkanes of at least 4 members (excludes halogenated alkanes) is 30. The van der Waals surface area contributed by atoms with E-state index in [4.69, 9.17) is 4.12 Å². The molecule has 0 heterocycles. The van der Waals surface area contributed by atoms with E-state index in [0.717, 1.165) is 0 Å². The highest BCUT2D eigenvalue weighted by molar-refractivity contribution is 6.64. The van der Waals surface area contributed by atoms with Crippen molar-refractivity contribution in [2.45, 2.75) is 244 Å². The molecule has 0 radical (unpaired) electrons. The first-order chi connectivity index (χ1) is 20.2. The van der Waals surface area contributed by atoms with E-state index >= 15 is 0 Å². The van der Waals surface area contributed by atoms with Crippen LogP contribution in [0, 0.1) is 0 Å². The summed E-state index contributed by atoms with van der Waals surface area (Å²) in [6.07, 6.45) is 46.8. The molecule has 0 aliphatic rings. The lowest BCUT2D eigenvalue weighted by Gasteiger charge is -2.17. The summed E-state index contributed by atoms with van der Waals surface area (Å²) < 4.78 is 6.58. The molecule has 0 bridgehead atoms. The van der Waals surface area contributed by atoms with Gasteiger partial charge in [0.25, 0.3) is 0 Å². The zero-order valence-electron chi connectivity index (χ0n) is 29.6. The van der Waals surface area contributed by atoms with E-state index in [1.165, 1.54) is 218 Å². The average molecular weight is 611 g/mol. The molecule has 2 unspecified atom stereocenters. The van der Waals surface area contributed by atoms with E-state index in [0.29, 0.717) is 0 Å². The molecule has 0 spiro atoms. The fourth-order valence-electron chi connectivity index (χ4n) is 6.49. The molecule has 0 N–H and O–H groups in total. The first-order valence-electron chi connectivity index (χ1n) is 19.9. The third kappa shape index (κ3) is 36.5. The van der Waals surface area contributed by atoms with Gasteiger partial charge in [0.2, 0.25) is 0 Å². The smallest absolute Gasteiger partial charge is 0.159 e. The van der Waals surface area contributed by atoms with Gasteiger partial charge in [-0.15, -0.1) is 0 Å². The van der Waals surface area contributed by atoms with Crippen molar-refractivity contribution in [3.05, 3.63) is 0 Å². The lowest BCUT2D eigenvalue weighted by atomic mass is 10.0. The van der Waals surface area contributed by atoms with Crippen LogP contribution in [0.1, 0.15) is 219 Å². The van der Waals surface area contributed by atoms with Gasteiger partial charge in [0.15, 0.2) is 18.1 Å². The number of hydrogen-bond acceptors (Lipinski definition) is 1. The van der Waals surface area contributed by atoms with Gasteiger partial charge in [0, 0.05) is 0 Å². The molecule has 0 aliphatic heterocycles. The third-order valence-electron chi connectivity index (χ3n) is 9.39.